The van der Waals surface area contributed by atoms with E-state index < -0.39 is 11.7 Å². The molecule has 2 aliphatic rings. The molecule has 1 aromatic carbocycles. The number of hydrogen-bond donors (Lipinski definition) is 1. The van der Waals surface area contributed by atoms with Crippen LogP contribution in [0.5, 0.6) is 0 Å². The molecule has 0 amide bonds. The number of aliphatic imine (C=N–C) groups is 1. The molecule has 0 atom stereocenters. The molecule has 0 aromatic heterocycles. The van der Waals surface area contributed by atoms with Crippen molar-refractivity contribution in [3.8, 4) is 0 Å². The first-order chi connectivity index (χ1) is 9.91. The van der Waals surface area contributed by atoms with E-state index in [9.17, 15) is 13.2 Å². The monoisotopic (exact) mass is 297 g/mol. The molecule has 1 aromatic rings. The lowest BCUT2D eigenvalue weighted by atomic mass is 9.95. The molecule has 0 radical (unpaired) electrons. The van der Waals surface area contributed by atoms with Crippen molar-refractivity contribution in [3.05, 3.63) is 35.4 Å². The smallest absolute Gasteiger partial charge is 0.370 e. The Bertz CT molecular complexity index is 540. The molecule has 1 aliphatic heterocycles. The molecular formula is C15H18F3N3. The van der Waals surface area contributed by atoms with E-state index >= 15 is 0 Å². The Morgan fingerprint density at radius 3 is 2.24 bits per heavy atom. The first kappa shape index (κ1) is 14.2. The lowest BCUT2D eigenvalue weighted by Crippen LogP contribution is -2.46. The Morgan fingerprint density at radius 1 is 1.19 bits per heavy atom. The minimum Gasteiger partial charge on any atom is -0.370 e. The Hall–Kier alpha value is -1.72. The standard InChI is InChI=1S/C15H18F3N3/c16-15(17,18)12-4-2-11(3-5-12)14(6-7-14)10-20-13(19)21-8-1-9-21/h2-5H,1,6-10H2,(H2,19,20). The predicted molar refractivity (Wildman–Crippen MR) is 75.0 cm³/mol. The van der Waals surface area contributed by atoms with E-state index in [-0.39, 0.29) is 5.41 Å². The van der Waals surface area contributed by atoms with Gasteiger partial charge in [0, 0.05) is 18.5 Å². The molecule has 3 rings (SSSR count). The van der Waals surface area contributed by atoms with Gasteiger partial charge in [0.1, 0.15) is 0 Å². The van der Waals surface area contributed by atoms with E-state index in [0.29, 0.717) is 12.5 Å². The molecular weight excluding hydrogens is 279 g/mol. The van der Waals surface area contributed by atoms with Crippen molar-refractivity contribution >= 4 is 5.96 Å². The zero-order valence-electron chi connectivity index (χ0n) is 11.7. The third-order valence-electron chi connectivity index (χ3n) is 4.40. The fourth-order valence-corrected chi connectivity index (χ4v) is 2.58. The first-order valence-corrected chi connectivity index (χ1v) is 7.13. The highest BCUT2D eigenvalue weighted by Crippen LogP contribution is 2.48. The fraction of sp³-hybridized carbons (Fsp3) is 0.533. The fourth-order valence-electron chi connectivity index (χ4n) is 2.58. The van der Waals surface area contributed by atoms with Crippen LogP contribution in [0.3, 0.4) is 0 Å². The summed E-state index contributed by atoms with van der Waals surface area (Å²) in [6, 6.07) is 5.45. The van der Waals surface area contributed by atoms with Gasteiger partial charge in [-0.2, -0.15) is 13.2 Å². The lowest BCUT2D eigenvalue weighted by molar-refractivity contribution is -0.137. The summed E-state index contributed by atoms with van der Waals surface area (Å²) in [5, 5.41) is 0. The van der Waals surface area contributed by atoms with Gasteiger partial charge in [0.05, 0.1) is 12.1 Å². The van der Waals surface area contributed by atoms with E-state index in [0.717, 1.165) is 50.0 Å². The van der Waals surface area contributed by atoms with Gasteiger partial charge in [-0.3, -0.25) is 4.99 Å². The second-order valence-electron chi connectivity index (χ2n) is 5.87. The maximum atomic E-state index is 12.6. The number of alkyl halides is 3. The molecule has 1 saturated carbocycles. The van der Waals surface area contributed by atoms with Crippen LogP contribution in [0.4, 0.5) is 13.2 Å². The minimum atomic E-state index is -4.28. The van der Waals surface area contributed by atoms with Crippen molar-refractivity contribution in [1.82, 2.24) is 4.90 Å². The molecule has 0 spiro atoms. The van der Waals surface area contributed by atoms with Crippen LogP contribution < -0.4 is 5.73 Å². The van der Waals surface area contributed by atoms with Crippen LogP contribution >= 0.6 is 0 Å². The highest BCUT2D eigenvalue weighted by Gasteiger charge is 2.44. The quantitative estimate of drug-likeness (QED) is 0.688. The average Bonchev–Trinajstić information content (AvgIpc) is 3.15. The lowest BCUT2D eigenvalue weighted by Gasteiger charge is -2.32. The van der Waals surface area contributed by atoms with Crippen LogP contribution in [0.15, 0.2) is 29.3 Å². The maximum Gasteiger partial charge on any atom is 0.416 e. The first-order valence-electron chi connectivity index (χ1n) is 7.13. The number of halogens is 3. The number of rotatable bonds is 3. The summed E-state index contributed by atoms with van der Waals surface area (Å²) in [6.07, 6.45) is -1.24. The molecule has 0 bridgehead atoms. The molecule has 21 heavy (non-hydrogen) atoms. The van der Waals surface area contributed by atoms with Gasteiger partial charge >= 0.3 is 6.18 Å². The summed E-state index contributed by atoms with van der Waals surface area (Å²) in [6.45, 7) is 2.45. The molecule has 1 aliphatic carbocycles. The molecule has 114 valence electrons. The highest BCUT2D eigenvalue weighted by atomic mass is 19.4. The number of nitrogens with zero attached hydrogens (tertiary/aromatic N) is 2. The molecule has 0 unspecified atom stereocenters. The summed E-state index contributed by atoms with van der Waals surface area (Å²) in [5.41, 5.74) is 6.11. The Balaban J connectivity index is 1.70. The summed E-state index contributed by atoms with van der Waals surface area (Å²) in [4.78, 5) is 6.44. The number of nitrogens with two attached hydrogens (primary N) is 1. The number of likely N-dealkylation sites (tertiary alicyclic amines) is 1. The van der Waals surface area contributed by atoms with Crippen molar-refractivity contribution in [2.24, 2.45) is 10.7 Å². The number of hydrogen-bond acceptors (Lipinski definition) is 1. The van der Waals surface area contributed by atoms with E-state index in [1.54, 1.807) is 12.1 Å². The summed E-state index contributed by atoms with van der Waals surface area (Å²) in [7, 11) is 0. The normalized spacial score (nSPS) is 21.1. The molecule has 6 heteroatoms. The SMILES string of the molecule is NC(=NCC1(c2ccc(C(F)(F)F)cc2)CC1)N1CCC1. The molecule has 2 N–H and O–H groups in total. The third kappa shape index (κ3) is 2.84. The minimum absolute atomic E-state index is 0.111. The zero-order chi connectivity index (χ0) is 15.1. The predicted octanol–water partition coefficient (Wildman–Crippen LogP) is 2.76. The summed E-state index contributed by atoms with van der Waals surface area (Å²) < 4.78 is 37.7. The van der Waals surface area contributed by atoms with Crippen LogP contribution in [0.2, 0.25) is 0 Å². The molecule has 1 heterocycles. The van der Waals surface area contributed by atoms with E-state index in [1.807, 2.05) is 4.90 Å². The van der Waals surface area contributed by atoms with Crippen LogP contribution in [0.1, 0.15) is 30.4 Å². The Morgan fingerprint density at radius 2 is 1.81 bits per heavy atom. The third-order valence-corrected chi connectivity index (χ3v) is 4.40. The van der Waals surface area contributed by atoms with Gasteiger partial charge in [0.15, 0.2) is 5.96 Å². The van der Waals surface area contributed by atoms with Gasteiger partial charge < -0.3 is 10.6 Å². The van der Waals surface area contributed by atoms with Gasteiger partial charge in [0.2, 0.25) is 0 Å². The van der Waals surface area contributed by atoms with Crippen LogP contribution in [-0.4, -0.2) is 30.5 Å². The second-order valence-corrected chi connectivity index (χ2v) is 5.87. The largest absolute Gasteiger partial charge is 0.416 e. The number of benzene rings is 1. The van der Waals surface area contributed by atoms with Gasteiger partial charge in [-0.05, 0) is 37.0 Å². The van der Waals surface area contributed by atoms with Crippen molar-refractivity contribution in [1.29, 1.82) is 0 Å². The molecule has 3 nitrogen and oxygen atoms in total. The van der Waals surface area contributed by atoms with Crippen LogP contribution in [-0.2, 0) is 11.6 Å². The number of guanidine groups is 1. The summed E-state index contributed by atoms with van der Waals surface area (Å²) in [5.74, 6) is 0.555. The Kier molecular flexibility index (Phi) is 3.34. The summed E-state index contributed by atoms with van der Waals surface area (Å²) >= 11 is 0. The van der Waals surface area contributed by atoms with E-state index in [4.69, 9.17) is 5.73 Å². The maximum absolute atomic E-state index is 12.6. The van der Waals surface area contributed by atoms with Crippen molar-refractivity contribution < 1.29 is 13.2 Å². The van der Waals surface area contributed by atoms with Crippen molar-refractivity contribution in [3.63, 3.8) is 0 Å². The second kappa shape index (κ2) is 4.93. The van der Waals surface area contributed by atoms with E-state index in [1.165, 1.54) is 0 Å². The van der Waals surface area contributed by atoms with Gasteiger partial charge in [-0.15, -0.1) is 0 Å². The zero-order valence-corrected chi connectivity index (χ0v) is 11.7. The highest BCUT2D eigenvalue weighted by molar-refractivity contribution is 5.78. The van der Waals surface area contributed by atoms with Crippen LogP contribution in [0, 0.1) is 0 Å². The topological polar surface area (TPSA) is 41.6 Å². The molecule has 2 fully saturated rings. The van der Waals surface area contributed by atoms with Gasteiger partial charge in [-0.1, -0.05) is 12.1 Å². The van der Waals surface area contributed by atoms with E-state index in [2.05, 4.69) is 4.99 Å². The average molecular weight is 297 g/mol. The van der Waals surface area contributed by atoms with Gasteiger partial charge in [0.25, 0.3) is 0 Å². The van der Waals surface area contributed by atoms with Gasteiger partial charge in [-0.25, -0.2) is 0 Å². The van der Waals surface area contributed by atoms with Crippen molar-refractivity contribution in [2.45, 2.75) is 30.9 Å². The van der Waals surface area contributed by atoms with Crippen LogP contribution in [0.25, 0.3) is 0 Å². The van der Waals surface area contributed by atoms with Crippen molar-refractivity contribution in [2.75, 3.05) is 19.6 Å². The molecule has 1 saturated heterocycles. The Labute approximate surface area is 121 Å².